The molecule has 0 radical (unpaired) electrons. The van der Waals surface area contributed by atoms with Crippen molar-refractivity contribution >= 4 is 22.6 Å². The number of aromatic amines is 1. The normalized spacial score (nSPS) is 23.4. The van der Waals surface area contributed by atoms with Gasteiger partial charge >= 0.3 is 0 Å². The first-order valence-corrected chi connectivity index (χ1v) is 9.42. The van der Waals surface area contributed by atoms with Crippen LogP contribution in [0.15, 0.2) is 18.5 Å². The third kappa shape index (κ3) is 3.46. The summed E-state index contributed by atoms with van der Waals surface area (Å²) in [6.07, 6.45) is 11.0. The monoisotopic (exact) mass is 360 g/mol. The van der Waals surface area contributed by atoms with Crippen molar-refractivity contribution in [3.63, 3.8) is 0 Å². The molecular weight excluding hydrogens is 335 g/mol. The van der Waals surface area contributed by atoms with Crippen molar-refractivity contribution in [1.29, 1.82) is 0 Å². The van der Waals surface area contributed by atoms with E-state index >= 15 is 0 Å². The molecule has 2 aliphatic carbocycles. The van der Waals surface area contributed by atoms with Gasteiger partial charge in [0.2, 0.25) is 0 Å². The number of halogens is 1. The summed E-state index contributed by atoms with van der Waals surface area (Å²) >= 11 is 0. The summed E-state index contributed by atoms with van der Waals surface area (Å²) < 4.78 is 13.4. The van der Waals surface area contributed by atoms with E-state index in [1.165, 1.54) is 44.6 Å². The Kier molecular flexibility index (Phi) is 4.67. The summed E-state index contributed by atoms with van der Waals surface area (Å²) in [6.45, 7) is 0. The second-order valence-electron chi connectivity index (χ2n) is 7.81. The van der Waals surface area contributed by atoms with Crippen LogP contribution in [0, 0.1) is 11.2 Å². The number of aliphatic hydroxyl groups excluding tert-OH is 1. The van der Waals surface area contributed by atoms with Crippen LogP contribution in [-0.2, 0) is 4.79 Å². The summed E-state index contributed by atoms with van der Waals surface area (Å²) in [6, 6.07) is 1.47. The number of aromatic nitrogens is 2. The lowest BCUT2D eigenvalue weighted by atomic mass is 9.73. The van der Waals surface area contributed by atoms with Crippen LogP contribution in [-0.4, -0.2) is 33.3 Å². The van der Waals surface area contributed by atoms with Crippen LogP contribution in [0.25, 0.3) is 11.0 Å². The molecule has 140 valence electrons. The van der Waals surface area contributed by atoms with Gasteiger partial charge in [-0.2, -0.15) is 0 Å². The summed E-state index contributed by atoms with van der Waals surface area (Å²) in [7, 11) is 0. The SMILES string of the molecule is O=C(Nc1c[nH]c2ncc(F)cc12)C(O)NC1CCC2(CCCCC2)C1. The van der Waals surface area contributed by atoms with Crippen LogP contribution < -0.4 is 10.6 Å². The summed E-state index contributed by atoms with van der Waals surface area (Å²) in [5.41, 5.74) is 1.30. The third-order valence-corrected chi connectivity index (χ3v) is 6.01. The number of pyridine rings is 1. The van der Waals surface area contributed by atoms with Gasteiger partial charge in [0.25, 0.3) is 5.91 Å². The lowest BCUT2D eigenvalue weighted by Crippen LogP contribution is -2.45. The molecule has 6 nitrogen and oxygen atoms in total. The van der Waals surface area contributed by atoms with Gasteiger partial charge in [0, 0.05) is 17.6 Å². The highest BCUT2D eigenvalue weighted by Gasteiger charge is 2.40. The highest BCUT2D eigenvalue weighted by molar-refractivity contribution is 6.01. The average Bonchev–Trinajstić information content (AvgIpc) is 3.20. The Hall–Kier alpha value is -1.99. The Morgan fingerprint density at radius 1 is 1.35 bits per heavy atom. The van der Waals surface area contributed by atoms with Gasteiger partial charge in [0.1, 0.15) is 11.5 Å². The van der Waals surface area contributed by atoms with E-state index in [1.807, 2.05) is 0 Å². The van der Waals surface area contributed by atoms with Crippen LogP contribution in [0.1, 0.15) is 51.4 Å². The number of fused-ring (bicyclic) bond motifs is 1. The number of rotatable bonds is 4. The molecule has 2 aromatic rings. The largest absolute Gasteiger partial charge is 0.370 e. The minimum absolute atomic E-state index is 0.163. The molecule has 2 aliphatic rings. The average molecular weight is 360 g/mol. The smallest absolute Gasteiger partial charge is 0.268 e. The lowest BCUT2D eigenvalue weighted by Gasteiger charge is -2.33. The van der Waals surface area contributed by atoms with Crippen LogP contribution in [0.2, 0.25) is 0 Å². The van der Waals surface area contributed by atoms with Gasteiger partial charge in [-0.25, -0.2) is 9.37 Å². The van der Waals surface area contributed by atoms with Gasteiger partial charge in [0.05, 0.1) is 11.9 Å². The maximum absolute atomic E-state index is 13.4. The Bertz CT molecular complexity index is 800. The van der Waals surface area contributed by atoms with Crippen LogP contribution in [0.5, 0.6) is 0 Å². The Morgan fingerprint density at radius 2 is 2.15 bits per heavy atom. The second kappa shape index (κ2) is 6.96. The molecule has 7 heteroatoms. The molecule has 26 heavy (non-hydrogen) atoms. The first kappa shape index (κ1) is 17.4. The van der Waals surface area contributed by atoms with E-state index in [0.29, 0.717) is 22.1 Å². The molecule has 0 aliphatic heterocycles. The van der Waals surface area contributed by atoms with E-state index < -0.39 is 18.0 Å². The molecule has 1 amide bonds. The fourth-order valence-corrected chi connectivity index (χ4v) is 4.69. The molecule has 1 spiro atoms. The number of H-pyrrole nitrogens is 1. The van der Waals surface area contributed by atoms with Crippen LogP contribution in [0.3, 0.4) is 0 Å². The zero-order valence-corrected chi connectivity index (χ0v) is 14.7. The summed E-state index contributed by atoms with van der Waals surface area (Å²) in [5, 5.41) is 16.5. The Labute approximate surface area is 151 Å². The molecule has 2 atom stereocenters. The standard InChI is InChI=1S/C19H25FN4O2/c20-12-8-14-15(11-22-16(14)21-10-12)24-18(26)17(25)23-13-4-7-19(9-13)5-2-1-3-6-19/h8,10-11,13,17,23,25H,1-7,9H2,(H,21,22)(H,24,26). The maximum atomic E-state index is 13.4. The van der Waals surface area contributed by atoms with Crippen molar-refractivity contribution < 1.29 is 14.3 Å². The molecule has 0 saturated heterocycles. The van der Waals surface area contributed by atoms with Gasteiger partial charge < -0.3 is 15.4 Å². The molecule has 2 fully saturated rings. The van der Waals surface area contributed by atoms with Gasteiger partial charge in [-0.1, -0.05) is 19.3 Å². The van der Waals surface area contributed by atoms with Gasteiger partial charge in [0.15, 0.2) is 6.23 Å². The quantitative estimate of drug-likeness (QED) is 0.631. The molecule has 4 rings (SSSR count). The van der Waals surface area contributed by atoms with Crippen LogP contribution in [0.4, 0.5) is 10.1 Å². The molecule has 4 N–H and O–H groups in total. The first-order chi connectivity index (χ1) is 12.5. The minimum atomic E-state index is -1.29. The molecule has 0 aromatic carbocycles. The highest BCUT2D eigenvalue weighted by atomic mass is 19.1. The second-order valence-corrected chi connectivity index (χ2v) is 7.81. The van der Waals surface area contributed by atoms with Crippen molar-refractivity contribution in [1.82, 2.24) is 15.3 Å². The number of nitrogens with one attached hydrogen (secondary N) is 3. The molecular formula is C19H25FN4O2. The van der Waals surface area contributed by atoms with Crippen LogP contribution >= 0.6 is 0 Å². The van der Waals surface area contributed by atoms with E-state index in [0.717, 1.165) is 19.0 Å². The lowest BCUT2D eigenvalue weighted by molar-refractivity contribution is -0.126. The molecule has 2 saturated carbocycles. The summed E-state index contributed by atoms with van der Waals surface area (Å²) in [5.74, 6) is -1.02. The van der Waals surface area contributed by atoms with E-state index in [4.69, 9.17) is 0 Å². The maximum Gasteiger partial charge on any atom is 0.268 e. The van der Waals surface area contributed by atoms with E-state index in [-0.39, 0.29) is 6.04 Å². The van der Waals surface area contributed by atoms with Crippen molar-refractivity contribution in [2.45, 2.75) is 63.6 Å². The van der Waals surface area contributed by atoms with Crippen molar-refractivity contribution in [3.05, 3.63) is 24.3 Å². The van der Waals surface area contributed by atoms with Crippen molar-refractivity contribution in [3.8, 4) is 0 Å². The van der Waals surface area contributed by atoms with Gasteiger partial charge in [-0.3, -0.25) is 10.1 Å². The van der Waals surface area contributed by atoms with E-state index in [9.17, 15) is 14.3 Å². The zero-order valence-electron chi connectivity index (χ0n) is 14.7. The molecule has 2 heterocycles. The third-order valence-electron chi connectivity index (χ3n) is 6.01. The summed E-state index contributed by atoms with van der Waals surface area (Å²) in [4.78, 5) is 19.1. The zero-order chi connectivity index (χ0) is 18.1. The number of anilines is 1. The van der Waals surface area contributed by atoms with E-state index in [2.05, 4.69) is 20.6 Å². The van der Waals surface area contributed by atoms with E-state index in [1.54, 1.807) is 6.20 Å². The number of hydrogen-bond donors (Lipinski definition) is 4. The van der Waals surface area contributed by atoms with Crippen molar-refractivity contribution in [2.24, 2.45) is 5.41 Å². The Balaban J connectivity index is 1.36. The van der Waals surface area contributed by atoms with Gasteiger partial charge in [-0.05, 0) is 43.6 Å². The van der Waals surface area contributed by atoms with Crippen molar-refractivity contribution in [2.75, 3.05) is 5.32 Å². The molecule has 2 aromatic heterocycles. The number of nitrogens with zero attached hydrogens (tertiary/aromatic N) is 1. The number of amides is 1. The minimum Gasteiger partial charge on any atom is -0.370 e. The molecule has 0 bridgehead atoms. The first-order valence-electron chi connectivity index (χ1n) is 9.42. The Morgan fingerprint density at radius 3 is 2.96 bits per heavy atom. The predicted octanol–water partition coefficient (Wildman–Crippen LogP) is 3.05. The molecule has 2 unspecified atom stereocenters. The van der Waals surface area contributed by atoms with Gasteiger partial charge in [-0.15, -0.1) is 0 Å². The predicted molar refractivity (Wildman–Crippen MR) is 97.0 cm³/mol. The highest BCUT2D eigenvalue weighted by Crippen LogP contribution is 2.49. The number of hydrogen-bond acceptors (Lipinski definition) is 4. The number of carbonyl (C=O) groups is 1. The fraction of sp³-hybridized carbons (Fsp3) is 0.579. The fourth-order valence-electron chi connectivity index (χ4n) is 4.69. The number of aliphatic hydroxyl groups is 1. The topological polar surface area (TPSA) is 90.0 Å². The number of carbonyl (C=O) groups excluding carboxylic acids is 1.